The van der Waals surface area contributed by atoms with E-state index in [-0.39, 0.29) is 23.8 Å². The van der Waals surface area contributed by atoms with E-state index >= 15 is 0 Å². The van der Waals surface area contributed by atoms with Crippen LogP contribution in [-0.2, 0) is 4.79 Å². The lowest BCUT2D eigenvalue weighted by Gasteiger charge is -2.37. The Morgan fingerprint density at radius 3 is 2.44 bits per heavy atom. The molecule has 1 fully saturated rings. The Morgan fingerprint density at radius 1 is 1.24 bits per heavy atom. The monoisotopic (exact) mass is 349 g/mol. The molecule has 1 heterocycles. The van der Waals surface area contributed by atoms with Crippen molar-refractivity contribution in [2.45, 2.75) is 45.7 Å². The van der Waals surface area contributed by atoms with Gasteiger partial charge in [-0.15, -0.1) is 0 Å². The number of carbonyl (C=O) groups excluding carboxylic acids is 2. The molecule has 6 heteroatoms. The van der Waals surface area contributed by atoms with Crippen LogP contribution in [0.4, 0.5) is 4.39 Å². The van der Waals surface area contributed by atoms with E-state index < -0.39 is 11.9 Å². The zero-order valence-corrected chi connectivity index (χ0v) is 15.2. The van der Waals surface area contributed by atoms with Crippen molar-refractivity contribution in [3.8, 4) is 0 Å². The molecule has 0 bridgehead atoms. The van der Waals surface area contributed by atoms with Gasteiger partial charge in [0.2, 0.25) is 5.91 Å². The number of halogens is 1. The van der Waals surface area contributed by atoms with Crippen LogP contribution >= 0.6 is 0 Å². The van der Waals surface area contributed by atoms with E-state index in [9.17, 15) is 14.0 Å². The average Bonchev–Trinajstić information content (AvgIpc) is 2.59. The van der Waals surface area contributed by atoms with Gasteiger partial charge in [0.05, 0.1) is 0 Å². The predicted octanol–water partition coefficient (Wildman–Crippen LogP) is 2.17. The lowest BCUT2D eigenvalue weighted by Crippen LogP contribution is -2.54. The van der Waals surface area contributed by atoms with Crippen molar-refractivity contribution >= 4 is 11.8 Å². The summed E-state index contributed by atoms with van der Waals surface area (Å²) >= 11 is 0. The van der Waals surface area contributed by atoms with Crippen LogP contribution in [-0.4, -0.2) is 41.9 Å². The van der Waals surface area contributed by atoms with E-state index in [1.54, 1.807) is 0 Å². The zero-order chi connectivity index (χ0) is 18.6. The summed E-state index contributed by atoms with van der Waals surface area (Å²) in [6.45, 7) is 7.10. The number of nitrogens with zero attached hydrogens (tertiary/aromatic N) is 1. The van der Waals surface area contributed by atoms with Crippen LogP contribution in [0.25, 0.3) is 0 Å². The highest BCUT2D eigenvalue weighted by atomic mass is 19.1. The minimum atomic E-state index is -0.607. The molecule has 3 N–H and O–H groups in total. The smallest absolute Gasteiger partial charge is 0.251 e. The first-order valence-corrected chi connectivity index (χ1v) is 8.90. The molecule has 3 unspecified atom stereocenters. The molecule has 1 saturated heterocycles. The third-order valence-electron chi connectivity index (χ3n) is 4.84. The molecular formula is C19H28FN3O2. The molecule has 3 atom stereocenters. The number of hydrogen-bond acceptors (Lipinski definition) is 3. The van der Waals surface area contributed by atoms with E-state index in [0.29, 0.717) is 24.6 Å². The third-order valence-corrected chi connectivity index (χ3v) is 4.84. The molecule has 2 rings (SSSR count). The molecule has 1 aliphatic rings. The topological polar surface area (TPSA) is 75.4 Å². The van der Waals surface area contributed by atoms with E-state index in [4.69, 9.17) is 5.73 Å². The number of likely N-dealkylation sites (tertiary alicyclic amines) is 1. The minimum absolute atomic E-state index is 0.0434. The van der Waals surface area contributed by atoms with Gasteiger partial charge in [-0.05, 0) is 55.9 Å². The molecule has 2 amide bonds. The lowest BCUT2D eigenvalue weighted by molar-refractivity contribution is -0.136. The van der Waals surface area contributed by atoms with Crippen molar-refractivity contribution in [2.24, 2.45) is 17.6 Å². The van der Waals surface area contributed by atoms with Crippen molar-refractivity contribution in [3.05, 3.63) is 35.6 Å². The fourth-order valence-electron chi connectivity index (χ4n) is 3.18. The summed E-state index contributed by atoms with van der Waals surface area (Å²) in [5.74, 6) is -0.599. The third kappa shape index (κ3) is 5.01. The number of benzene rings is 1. The van der Waals surface area contributed by atoms with Crippen LogP contribution in [0.5, 0.6) is 0 Å². The Hall–Kier alpha value is -1.95. The van der Waals surface area contributed by atoms with Gasteiger partial charge in [-0.2, -0.15) is 0 Å². The quantitative estimate of drug-likeness (QED) is 0.855. The molecule has 5 nitrogen and oxygen atoms in total. The molecule has 0 aliphatic carbocycles. The molecule has 0 radical (unpaired) electrons. The fourth-order valence-corrected chi connectivity index (χ4v) is 3.18. The number of amides is 2. The van der Waals surface area contributed by atoms with Gasteiger partial charge in [0.15, 0.2) is 0 Å². The van der Waals surface area contributed by atoms with Gasteiger partial charge in [0.1, 0.15) is 11.9 Å². The van der Waals surface area contributed by atoms with Crippen molar-refractivity contribution in [3.63, 3.8) is 0 Å². The predicted molar refractivity (Wildman–Crippen MR) is 95.4 cm³/mol. The second kappa shape index (κ2) is 8.43. The molecule has 0 aromatic heterocycles. The highest BCUT2D eigenvalue weighted by Gasteiger charge is 2.32. The molecule has 138 valence electrons. The van der Waals surface area contributed by atoms with Gasteiger partial charge in [-0.3, -0.25) is 9.59 Å². The lowest BCUT2D eigenvalue weighted by atomic mass is 9.91. The minimum Gasteiger partial charge on any atom is -0.341 e. The largest absolute Gasteiger partial charge is 0.341 e. The summed E-state index contributed by atoms with van der Waals surface area (Å²) in [5.41, 5.74) is 6.34. The highest BCUT2D eigenvalue weighted by Crippen LogP contribution is 2.20. The molecule has 0 spiro atoms. The first kappa shape index (κ1) is 19.4. The summed E-state index contributed by atoms with van der Waals surface area (Å²) in [7, 11) is 0. The number of carbonyl (C=O) groups is 2. The molecule has 0 saturated carbocycles. The second-order valence-corrected chi connectivity index (χ2v) is 7.25. The molecule has 1 aliphatic heterocycles. The van der Waals surface area contributed by atoms with Gasteiger partial charge in [-0.25, -0.2) is 4.39 Å². The van der Waals surface area contributed by atoms with Crippen molar-refractivity contribution < 1.29 is 14.0 Å². The van der Waals surface area contributed by atoms with Gasteiger partial charge in [0, 0.05) is 24.7 Å². The van der Waals surface area contributed by atoms with E-state index in [1.165, 1.54) is 24.3 Å². The van der Waals surface area contributed by atoms with Crippen LogP contribution in [0, 0.1) is 17.7 Å². The Kier molecular flexibility index (Phi) is 6.53. The number of rotatable bonds is 5. The highest BCUT2D eigenvalue weighted by molar-refractivity contribution is 5.97. The molecule has 1 aromatic rings. The summed E-state index contributed by atoms with van der Waals surface area (Å²) in [6.07, 6.45) is 1.95. The van der Waals surface area contributed by atoms with Gasteiger partial charge in [0.25, 0.3) is 5.91 Å². The van der Waals surface area contributed by atoms with Gasteiger partial charge >= 0.3 is 0 Å². The SMILES string of the molecule is CC(C)C(NC(=O)c1ccc(F)cc1)C(=O)N1CCCC(C(C)N)C1. The molecular weight excluding hydrogens is 321 g/mol. The second-order valence-electron chi connectivity index (χ2n) is 7.25. The van der Waals surface area contributed by atoms with E-state index in [2.05, 4.69) is 5.32 Å². The Morgan fingerprint density at radius 2 is 1.88 bits per heavy atom. The van der Waals surface area contributed by atoms with E-state index in [0.717, 1.165) is 12.8 Å². The number of nitrogens with two attached hydrogens (primary N) is 1. The van der Waals surface area contributed by atoms with Crippen molar-refractivity contribution in [1.82, 2.24) is 10.2 Å². The van der Waals surface area contributed by atoms with Crippen LogP contribution in [0.3, 0.4) is 0 Å². The Labute approximate surface area is 148 Å². The first-order chi connectivity index (χ1) is 11.8. The maximum absolute atomic E-state index is 13.0. The zero-order valence-electron chi connectivity index (χ0n) is 15.2. The van der Waals surface area contributed by atoms with Crippen LogP contribution in [0.15, 0.2) is 24.3 Å². The van der Waals surface area contributed by atoms with Crippen LogP contribution in [0.2, 0.25) is 0 Å². The van der Waals surface area contributed by atoms with Gasteiger partial charge < -0.3 is 16.0 Å². The van der Waals surface area contributed by atoms with Crippen LogP contribution < -0.4 is 11.1 Å². The maximum Gasteiger partial charge on any atom is 0.251 e. The standard InChI is InChI=1S/C19H28FN3O2/c1-12(2)17(22-18(24)14-6-8-16(20)9-7-14)19(25)23-10-4-5-15(11-23)13(3)21/h6-9,12-13,15,17H,4-5,10-11,21H2,1-3H3,(H,22,24). The van der Waals surface area contributed by atoms with Crippen molar-refractivity contribution in [1.29, 1.82) is 0 Å². The van der Waals surface area contributed by atoms with E-state index in [1.807, 2.05) is 25.7 Å². The van der Waals surface area contributed by atoms with Crippen molar-refractivity contribution in [2.75, 3.05) is 13.1 Å². The number of nitrogens with one attached hydrogen (secondary N) is 1. The molecule has 1 aromatic carbocycles. The van der Waals surface area contributed by atoms with Gasteiger partial charge in [-0.1, -0.05) is 13.8 Å². The first-order valence-electron chi connectivity index (χ1n) is 8.90. The summed E-state index contributed by atoms with van der Waals surface area (Å²) in [6, 6.07) is 4.74. The normalized spacial score (nSPS) is 20.2. The van der Waals surface area contributed by atoms with Crippen LogP contribution in [0.1, 0.15) is 44.0 Å². The average molecular weight is 349 g/mol. The fraction of sp³-hybridized carbons (Fsp3) is 0.579. The molecule has 25 heavy (non-hydrogen) atoms. The number of hydrogen-bond donors (Lipinski definition) is 2. The summed E-state index contributed by atoms with van der Waals surface area (Å²) in [5, 5.41) is 2.81. The summed E-state index contributed by atoms with van der Waals surface area (Å²) < 4.78 is 13.0. The Bertz CT molecular complexity index is 601. The maximum atomic E-state index is 13.0. The Balaban J connectivity index is 2.07. The number of piperidine rings is 1. The summed E-state index contributed by atoms with van der Waals surface area (Å²) in [4.78, 5) is 27.2.